The normalized spacial score (nSPS) is 9.12. The standard InChI is InChI=1S/C10H14N2O4/c1-7(2)10(14)16-5-4-15-6-9(12-11)8(3)13/h1,4-6H2,2-3H3. The van der Waals surface area contributed by atoms with Gasteiger partial charge in [-0.1, -0.05) is 6.58 Å². The van der Waals surface area contributed by atoms with Gasteiger partial charge in [-0.3, -0.25) is 4.79 Å². The predicted octanol–water partition coefficient (Wildman–Crippen LogP) is 0.382. The number of ether oxygens (including phenoxy) is 2. The second-order valence-electron chi connectivity index (χ2n) is 3.07. The third kappa shape index (κ3) is 5.85. The Bertz CT molecular complexity index is 343. The van der Waals surface area contributed by atoms with Crippen LogP contribution in [0.4, 0.5) is 0 Å². The lowest BCUT2D eigenvalue weighted by Gasteiger charge is -2.03. The summed E-state index contributed by atoms with van der Waals surface area (Å²) >= 11 is 0. The van der Waals surface area contributed by atoms with Crippen LogP contribution in [0.3, 0.4) is 0 Å². The number of esters is 1. The molecule has 0 aliphatic heterocycles. The Morgan fingerprint density at radius 3 is 2.38 bits per heavy atom. The first-order valence-electron chi connectivity index (χ1n) is 4.61. The first kappa shape index (κ1) is 14.2. The summed E-state index contributed by atoms with van der Waals surface area (Å²) in [5.74, 6) is -0.868. The van der Waals surface area contributed by atoms with E-state index in [-0.39, 0.29) is 31.3 Å². The minimum atomic E-state index is -0.494. The van der Waals surface area contributed by atoms with Gasteiger partial charge in [0.05, 0.1) is 6.61 Å². The van der Waals surface area contributed by atoms with Crippen molar-refractivity contribution >= 4 is 17.5 Å². The predicted molar refractivity (Wildman–Crippen MR) is 55.9 cm³/mol. The van der Waals surface area contributed by atoms with Crippen LogP contribution in [0.1, 0.15) is 13.8 Å². The molecule has 6 nitrogen and oxygen atoms in total. The van der Waals surface area contributed by atoms with Crippen LogP contribution in [-0.4, -0.2) is 42.1 Å². The molecule has 0 atom stereocenters. The summed E-state index contributed by atoms with van der Waals surface area (Å²) in [6, 6.07) is 0. The molecule has 0 bridgehead atoms. The van der Waals surface area contributed by atoms with E-state index in [2.05, 4.69) is 11.4 Å². The zero-order valence-electron chi connectivity index (χ0n) is 9.36. The van der Waals surface area contributed by atoms with Crippen molar-refractivity contribution in [1.82, 2.24) is 0 Å². The van der Waals surface area contributed by atoms with Crippen LogP contribution in [0.2, 0.25) is 0 Å². The van der Waals surface area contributed by atoms with Gasteiger partial charge in [-0.25, -0.2) is 4.79 Å². The van der Waals surface area contributed by atoms with Gasteiger partial charge in [0.2, 0.25) is 5.78 Å². The highest BCUT2D eigenvalue weighted by Gasteiger charge is 2.14. The number of Topliss-reactive ketones (excluding diaryl/α,β-unsaturated/α-hetero) is 1. The number of rotatable bonds is 7. The van der Waals surface area contributed by atoms with E-state index < -0.39 is 5.97 Å². The van der Waals surface area contributed by atoms with Gasteiger partial charge in [-0.05, 0) is 6.92 Å². The number of ketones is 1. The third-order valence-corrected chi connectivity index (χ3v) is 1.58. The molecule has 0 N–H and O–H groups in total. The van der Waals surface area contributed by atoms with Crippen molar-refractivity contribution in [3.8, 4) is 0 Å². The summed E-state index contributed by atoms with van der Waals surface area (Å²) in [6.45, 7) is 6.27. The van der Waals surface area contributed by atoms with Crippen molar-refractivity contribution in [3.05, 3.63) is 17.7 Å². The maximum Gasteiger partial charge on any atom is 0.359 e. The minimum absolute atomic E-state index is 0.0578. The van der Waals surface area contributed by atoms with Gasteiger partial charge in [0.1, 0.15) is 6.61 Å². The largest absolute Gasteiger partial charge is 0.460 e. The third-order valence-electron chi connectivity index (χ3n) is 1.58. The van der Waals surface area contributed by atoms with Gasteiger partial charge in [-0.15, -0.1) is 0 Å². The van der Waals surface area contributed by atoms with E-state index >= 15 is 0 Å². The van der Waals surface area contributed by atoms with Crippen molar-refractivity contribution in [1.29, 1.82) is 0 Å². The number of carbonyl (C=O) groups excluding carboxylic acids is 2. The zero-order valence-corrected chi connectivity index (χ0v) is 9.36. The quantitative estimate of drug-likeness (QED) is 0.157. The minimum Gasteiger partial charge on any atom is -0.460 e. The van der Waals surface area contributed by atoms with Crippen LogP contribution in [0.5, 0.6) is 0 Å². The maximum absolute atomic E-state index is 10.9. The molecule has 0 aliphatic rings. The molecule has 0 aromatic heterocycles. The highest BCUT2D eigenvalue weighted by Crippen LogP contribution is 1.91. The van der Waals surface area contributed by atoms with Crippen molar-refractivity contribution in [2.24, 2.45) is 0 Å². The summed E-state index contributed by atoms with van der Waals surface area (Å²) < 4.78 is 9.69. The fourth-order valence-electron chi connectivity index (χ4n) is 0.686. The average Bonchev–Trinajstić information content (AvgIpc) is 2.22. The fourth-order valence-corrected chi connectivity index (χ4v) is 0.686. The van der Waals surface area contributed by atoms with Gasteiger partial charge < -0.3 is 15.0 Å². The van der Waals surface area contributed by atoms with Crippen molar-refractivity contribution in [2.45, 2.75) is 13.8 Å². The number of nitrogens with zero attached hydrogens (tertiary/aromatic N) is 2. The van der Waals surface area contributed by atoms with Gasteiger partial charge in [0.25, 0.3) is 0 Å². The van der Waals surface area contributed by atoms with Crippen LogP contribution in [0.15, 0.2) is 12.2 Å². The van der Waals surface area contributed by atoms with Crippen molar-refractivity contribution < 1.29 is 23.9 Å². The van der Waals surface area contributed by atoms with Gasteiger partial charge in [-0.2, -0.15) is 4.79 Å². The second kappa shape index (κ2) is 7.50. The molecule has 6 heteroatoms. The molecule has 0 unspecified atom stereocenters. The van der Waals surface area contributed by atoms with E-state index in [1.54, 1.807) is 0 Å². The van der Waals surface area contributed by atoms with Crippen molar-refractivity contribution in [2.75, 3.05) is 19.8 Å². The molecule has 0 amide bonds. The lowest BCUT2D eigenvalue weighted by Crippen LogP contribution is -2.20. The second-order valence-corrected chi connectivity index (χ2v) is 3.07. The van der Waals surface area contributed by atoms with E-state index in [4.69, 9.17) is 15.0 Å². The van der Waals surface area contributed by atoms with E-state index in [0.717, 1.165) is 0 Å². The molecule has 16 heavy (non-hydrogen) atoms. The lowest BCUT2D eigenvalue weighted by molar-refractivity contribution is -0.140. The van der Waals surface area contributed by atoms with Crippen LogP contribution in [-0.2, 0) is 19.1 Å². The maximum atomic E-state index is 10.9. The molecule has 0 fully saturated rings. The molecule has 88 valence electrons. The molecule has 0 rings (SSSR count). The first-order valence-corrected chi connectivity index (χ1v) is 4.61. The van der Waals surface area contributed by atoms with Gasteiger partial charge >= 0.3 is 11.7 Å². The highest BCUT2D eigenvalue weighted by molar-refractivity contribution is 6.37. The summed E-state index contributed by atoms with van der Waals surface area (Å²) in [4.78, 5) is 24.4. The summed E-state index contributed by atoms with van der Waals surface area (Å²) in [5.41, 5.74) is 8.63. The lowest BCUT2D eigenvalue weighted by atomic mass is 10.3. The Morgan fingerprint density at radius 2 is 1.94 bits per heavy atom. The molecule has 0 spiro atoms. The Morgan fingerprint density at radius 1 is 1.31 bits per heavy atom. The number of carbonyl (C=O) groups is 2. The Hall–Kier alpha value is -1.78. The van der Waals surface area contributed by atoms with Gasteiger partial charge in [0.15, 0.2) is 6.61 Å². The SMILES string of the molecule is C=C(C)C(=O)OCCOCC(=[N+]=[N-])C(C)=O. The van der Waals surface area contributed by atoms with Gasteiger partial charge in [0, 0.05) is 12.5 Å². The fraction of sp³-hybridized carbons (Fsp3) is 0.500. The molecule has 0 radical (unpaired) electrons. The monoisotopic (exact) mass is 226 g/mol. The molecule has 0 aromatic rings. The zero-order chi connectivity index (χ0) is 12.6. The van der Waals surface area contributed by atoms with E-state index in [1.165, 1.54) is 13.8 Å². The smallest absolute Gasteiger partial charge is 0.359 e. The van der Waals surface area contributed by atoms with Crippen LogP contribution in [0, 0.1) is 0 Å². The average molecular weight is 226 g/mol. The Balaban J connectivity index is 3.70. The summed E-state index contributed by atoms with van der Waals surface area (Å²) in [6.07, 6.45) is 0. The molecule has 0 aliphatic carbocycles. The van der Waals surface area contributed by atoms with Crippen LogP contribution < -0.4 is 0 Å². The van der Waals surface area contributed by atoms with E-state index in [9.17, 15) is 9.59 Å². The Kier molecular flexibility index (Phi) is 6.67. The molecule has 0 heterocycles. The van der Waals surface area contributed by atoms with E-state index in [1.807, 2.05) is 0 Å². The molecule has 0 aromatic carbocycles. The van der Waals surface area contributed by atoms with E-state index in [0.29, 0.717) is 5.57 Å². The number of hydrogen-bond donors (Lipinski definition) is 0. The topological polar surface area (TPSA) is 89.0 Å². The number of hydrogen-bond acceptors (Lipinski definition) is 4. The highest BCUT2D eigenvalue weighted by atomic mass is 16.6. The Labute approximate surface area is 93.5 Å². The van der Waals surface area contributed by atoms with Crippen molar-refractivity contribution in [3.63, 3.8) is 0 Å². The summed E-state index contributed by atoms with van der Waals surface area (Å²) in [5, 5.41) is 0. The van der Waals surface area contributed by atoms with Crippen LogP contribution >= 0.6 is 0 Å². The molecular formula is C10H14N2O4. The van der Waals surface area contributed by atoms with Crippen LogP contribution in [0.25, 0.3) is 5.53 Å². The molecular weight excluding hydrogens is 212 g/mol. The molecule has 0 saturated carbocycles. The summed E-state index contributed by atoms with van der Waals surface area (Å²) in [7, 11) is 0. The first-order chi connectivity index (χ1) is 7.49. The molecule has 0 saturated heterocycles.